The van der Waals surface area contributed by atoms with Crippen molar-refractivity contribution in [1.29, 1.82) is 0 Å². The van der Waals surface area contributed by atoms with Crippen molar-refractivity contribution in [2.24, 2.45) is 19.1 Å². The molecule has 0 spiro atoms. The number of thiazole rings is 1. The van der Waals surface area contributed by atoms with E-state index in [0.29, 0.717) is 10.5 Å². The number of rotatable bonds is 1. The lowest BCUT2D eigenvalue weighted by molar-refractivity contribution is 0.0992. The minimum atomic E-state index is -0.305. The molecule has 1 amide bonds. The fourth-order valence-electron chi connectivity index (χ4n) is 2.48. The predicted molar refractivity (Wildman–Crippen MR) is 88.1 cm³/mol. The van der Waals surface area contributed by atoms with E-state index in [2.05, 4.69) is 36.1 Å². The molecule has 0 radical (unpaired) electrons. The maximum absolute atomic E-state index is 12.3. The van der Waals surface area contributed by atoms with Crippen LogP contribution in [-0.2, 0) is 14.1 Å². The van der Waals surface area contributed by atoms with Crippen molar-refractivity contribution < 1.29 is 4.79 Å². The summed E-state index contributed by atoms with van der Waals surface area (Å²) in [5.41, 5.74) is 4.83. The number of nitrogens with zero attached hydrogens (tertiary/aromatic N) is 4. The molecule has 0 bridgehead atoms. The summed E-state index contributed by atoms with van der Waals surface area (Å²) in [5, 5.41) is 4.19. The number of carbonyl (C=O) groups excluding carboxylic acids is 1. The third-order valence-corrected chi connectivity index (χ3v) is 5.05. The van der Waals surface area contributed by atoms with Gasteiger partial charge in [0.25, 0.3) is 5.91 Å². The average molecular weight is 314 g/mol. The molecule has 0 saturated heterocycles. The van der Waals surface area contributed by atoms with Crippen LogP contribution in [-0.4, -0.2) is 20.3 Å². The van der Waals surface area contributed by atoms with Crippen LogP contribution in [0.25, 0.3) is 10.2 Å². The number of amides is 1. The molecule has 0 saturated carbocycles. The van der Waals surface area contributed by atoms with Crippen molar-refractivity contribution in [2.45, 2.75) is 20.8 Å². The molecule has 114 valence electrons. The van der Waals surface area contributed by atoms with E-state index in [4.69, 9.17) is 0 Å². The Labute approximate surface area is 132 Å². The van der Waals surface area contributed by atoms with E-state index in [0.717, 1.165) is 15.9 Å². The average Bonchev–Trinajstić information content (AvgIpc) is 2.93. The molecular formula is C16H18N4OS. The van der Waals surface area contributed by atoms with Crippen molar-refractivity contribution in [3.05, 3.63) is 45.5 Å². The van der Waals surface area contributed by atoms with Gasteiger partial charge < -0.3 is 4.57 Å². The van der Waals surface area contributed by atoms with E-state index in [1.165, 1.54) is 22.5 Å². The van der Waals surface area contributed by atoms with Crippen molar-refractivity contribution in [2.75, 3.05) is 0 Å². The molecule has 0 aliphatic rings. The number of benzene rings is 1. The van der Waals surface area contributed by atoms with Gasteiger partial charge in [-0.2, -0.15) is 10.1 Å². The number of carbonyl (C=O) groups is 1. The molecule has 22 heavy (non-hydrogen) atoms. The smallest absolute Gasteiger partial charge is 0.300 e. The molecule has 0 aliphatic carbocycles. The summed E-state index contributed by atoms with van der Waals surface area (Å²) in [6.45, 7) is 6.07. The first-order valence-corrected chi connectivity index (χ1v) is 7.85. The van der Waals surface area contributed by atoms with E-state index in [-0.39, 0.29) is 5.91 Å². The van der Waals surface area contributed by atoms with E-state index in [9.17, 15) is 4.79 Å². The van der Waals surface area contributed by atoms with Gasteiger partial charge in [-0.05, 0) is 44.0 Å². The molecule has 0 unspecified atom stereocenters. The van der Waals surface area contributed by atoms with Crippen LogP contribution >= 0.6 is 11.3 Å². The van der Waals surface area contributed by atoms with Gasteiger partial charge >= 0.3 is 0 Å². The predicted octanol–water partition coefficient (Wildman–Crippen LogP) is 2.64. The van der Waals surface area contributed by atoms with E-state index in [1.54, 1.807) is 10.7 Å². The highest BCUT2D eigenvalue weighted by atomic mass is 32.1. The Balaban J connectivity index is 2.15. The second-order valence-electron chi connectivity index (χ2n) is 5.59. The van der Waals surface area contributed by atoms with Gasteiger partial charge in [-0.1, -0.05) is 17.4 Å². The van der Waals surface area contributed by atoms with Crippen LogP contribution in [0, 0.1) is 20.8 Å². The third-order valence-electron chi connectivity index (χ3n) is 3.77. The zero-order valence-corrected chi connectivity index (χ0v) is 14.2. The van der Waals surface area contributed by atoms with Crippen molar-refractivity contribution in [3.8, 4) is 0 Å². The first-order valence-electron chi connectivity index (χ1n) is 7.03. The van der Waals surface area contributed by atoms with E-state index >= 15 is 0 Å². The van der Waals surface area contributed by atoms with Crippen molar-refractivity contribution in [1.82, 2.24) is 14.3 Å². The topological polar surface area (TPSA) is 52.2 Å². The summed E-state index contributed by atoms with van der Waals surface area (Å²) in [6.07, 6.45) is 0. The monoisotopic (exact) mass is 314 g/mol. The molecule has 5 nitrogen and oxygen atoms in total. The van der Waals surface area contributed by atoms with Gasteiger partial charge in [0.15, 0.2) is 10.5 Å². The molecule has 3 rings (SSSR count). The Kier molecular flexibility index (Phi) is 3.48. The number of hydrogen-bond donors (Lipinski definition) is 0. The quantitative estimate of drug-likeness (QED) is 0.693. The van der Waals surface area contributed by atoms with E-state index < -0.39 is 0 Å². The molecular weight excluding hydrogens is 296 g/mol. The lowest BCUT2D eigenvalue weighted by Crippen LogP contribution is -2.13. The number of hydrogen-bond acceptors (Lipinski definition) is 3. The molecule has 1 aromatic carbocycles. The lowest BCUT2D eigenvalue weighted by atomic mass is 10.1. The molecule has 3 aromatic rings. The minimum absolute atomic E-state index is 0.305. The fourth-order valence-corrected chi connectivity index (χ4v) is 3.55. The van der Waals surface area contributed by atoms with Crippen LogP contribution in [0.15, 0.2) is 23.2 Å². The highest BCUT2D eigenvalue weighted by Gasteiger charge is 2.12. The zero-order valence-electron chi connectivity index (χ0n) is 13.3. The summed E-state index contributed by atoms with van der Waals surface area (Å²) in [4.78, 5) is 17.3. The third kappa shape index (κ3) is 2.39. The molecule has 2 heterocycles. The lowest BCUT2D eigenvalue weighted by Gasteiger charge is -2.00. The number of aromatic nitrogens is 3. The second kappa shape index (κ2) is 5.21. The normalized spacial score (nSPS) is 12.3. The SMILES string of the molecule is Cc1cc(C)c2sc(=NC(=O)c3cc(C)n(C)n3)n(C)c2c1. The van der Waals surface area contributed by atoms with Gasteiger partial charge in [0.05, 0.1) is 10.2 Å². The van der Waals surface area contributed by atoms with Gasteiger partial charge in [-0.25, -0.2) is 0 Å². The van der Waals surface area contributed by atoms with Crippen LogP contribution in [0.1, 0.15) is 27.3 Å². The summed E-state index contributed by atoms with van der Waals surface area (Å²) >= 11 is 1.53. The van der Waals surface area contributed by atoms with Gasteiger partial charge in [-0.15, -0.1) is 0 Å². The first-order chi connectivity index (χ1) is 10.4. The van der Waals surface area contributed by atoms with Crippen molar-refractivity contribution in [3.63, 3.8) is 0 Å². The summed E-state index contributed by atoms with van der Waals surface area (Å²) in [6, 6.07) is 6.02. The van der Waals surface area contributed by atoms with Crippen LogP contribution in [0.2, 0.25) is 0 Å². The highest BCUT2D eigenvalue weighted by Crippen LogP contribution is 2.22. The maximum Gasteiger partial charge on any atom is 0.300 e. The van der Waals surface area contributed by atoms with Gasteiger partial charge in [-0.3, -0.25) is 9.48 Å². The summed E-state index contributed by atoms with van der Waals surface area (Å²) in [5.74, 6) is -0.305. The second-order valence-corrected chi connectivity index (χ2v) is 6.56. The van der Waals surface area contributed by atoms with Gasteiger partial charge in [0.1, 0.15) is 0 Å². The Bertz CT molecular complexity index is 939. The van der Waals surface area contributed by atoms with Gasteiger partial charge in [0, 0.05) is 19.8 Å². The standard InChI is InChI=1S/C16H18N4OS/c1-9-6-10(2)14-13(7-9)19(4)16(22-14)17-15(21)12-8-11(3)20(5)18-12/h6-8H,1-5H3. The summed E-state index contributed by atoms with van der Waals surface area (Å²) < 4.78 is 4.81. The zero-order chi connectivity index (χ0) is 16.0. The van der Waals surface area contributed by atoms with Crippen LogP contribution in [0.4, 0.5) is 0 Å². The molecule has 0 atom stereocenters. The number of aryl methyl sites for hydroxylation is 5. The Morgan fingerprint density at radius 3 is 2.55 bits per heavy atom. The fraction of sp³-hybridized carbons (Fsp3) is 0.312. The first kappa shape index (κ1) is 14.7. The summed E-state index contributed by atoms with van der Waals surface area (Å²) in [7, 11) is 3.76. The Morgan fingerprint density at radius 1 is 1.18 bits per heavy atom. The molecule has 0 fully saturated rings. The Hall–Kier alpha value is -2.21. The largest absolute Gasteiger partial charge is 0.319 e. The van der Waals surface area contributed by atoms with Crippen LogP contribution in [0.5, 0.6) is 0 Å². The highest BCUT2D eigenvalue weighted by molar-refractivity contribution is 7.16. The van der Waals surface area contributed by atoms with Crippen LogP contribution in [0.3, 0.4) is 0 Å². The maximum atomic E-state index is 12.3. The van der Waals surface area contributed by atoms with E-state index in [1.807, 2.05) is 25.6 Å². The Morgan fingerprint density at radius 2 is 1.91 bits per heavy atom. The molecule has 6 heteroatoms. The van der Waals surface area contributed by atoms with Gasteiger partial charge in [0.2, 0.25) is 0 Å². The number of fused-ring (bicyclic) bond motifs is 1. The molecule has 0 N–H and O–H groups in total. The molecule has 0 aliphatic heterocycles. The van der Waals surface area contributed by atoms with Crippen LogP contribution < -0.4 is 4.80 Å². The molecule has 2 aromatic heterocycles. The van der Waals surface area contributed by atoms with Crippen molar-refractivity contribution >= 4 is 27.5 Å². The minimum Gasteiger partial charge on any atom is -0.319 e.